The Morgan fingerprint density at radius 1 is 1.15 bits per heavy atom. The molecule has 1 aromatic rings. The van der Waals surface area contributed by atoms with Crippen molar-refractivity contribution in [1.82, 2.24) is 9.21 Å². The Morgan fingerprint density at radius 3 is 2.26 bits per heavy atom. The van der Waals surface area contributed by atoms with Crippen LogP contribution in [0.25, 0.3) is 6.08 Å². The molecule has 0 radical (unpaired) electrons. The largest absolute Gasteiger partial charge is 0.335 e. The molecule has 0 spiro atoms. The minimum Gasteiger partial charge on any atom is -0.335 e. The molecular formula is C21H30N2O3S. The fourth-order valence-electron chi connectivity index (χ4n) is 3.13. The minimum atomic E-state index is -3.44. The van der Waals surface area contributed by atoms with Crippen molar-refractivity contribution in [2.75, 3.05) is 26.2 Å². The number of carbonyl (C=O) groups excluding carboxylic acids is 1. The van der Waals surface area contributed by atoms with Crippen LogP contribution >= 0.6 is 0 Å². The molecular weight excluding hydrogens is 360 g/mol. The van der Waals surface area contributed by atoms with Crippen LogP contribution in [0.15, 0.2) is 47.4 Å². The number of hydrogen-bond acceptors (Lipinski definition) is 3. The molecule has 0 aromatic heterocycles. The Balaban J connectivity index is 2.07. The van der Waals surface area contributed by atoms with Gasteiger partial charge in [0.25, 0.3) is 0 Å². The van der Waals surface area contributed by atoms with Gasteiger partial charge in [-0.25, -0.2) is 8.42 Å². The second-order valence-electron chi connectivity index (χ2n) is 7.03. The average molecular weight is 391 g/mol. The Morgan fingerprint density at radius 2 is 1.74 bits per heavy atom. The van der Waals surface area contributed by atoms with Gasteiger partial charge in [-0.05, 0) is 50.5 Å². The zero-order valence-corrected chi connectivity index (χ0v) is 17.2. The molecule has 1 heterocycles. The van der Waals surface area contributed by atoms with E-state index in [1.165, 1.54) is 6.08 Å². The van der Waals surface area contributed by atoms with Crippen molar-refractivity contribution >= 4 is 22.0 Å². The van der Waals surface area contributed by atoms with E-state index in [2.05, 4.69) is 6.58 Å². The third-order valence-corrected chi connectivity index (χ3v) is 6.57. The van der Waals surface area contributed by atoms with Crippen molar-refractivity contribution in [3.05, 3.63) is 48.1 Å². The number of benzene rings is 1. The lowest BCUT2D eigenvalue weighted by molar-refractivity contribution is -0.125. The first-order valence-corrected chi connectivity index (χ1v) is 11.0. The predicted molar refractivity (Wildman–Crippen MR) is 110 cm³/mol. The first kappa shape index (κ1) is 21.4. The van der Waals surface area contributed by atoms with Gasteiger partial charge in [-0.15, -0.1) is 0 Å². The fraction of sp³-hybridized carbons (Fsp3) is 0.476. The van der Waals surface area contributed by atoms with Crippen LogP contribution in [0.3, 0.4) is 0 Å². The molecule has 27 heavy (non-hydrogen) atoms. The molecule has 1 aromatic carbocycles. The van der Waals surface area contributed by atoms with Gasteiger partial charge in [-0.1, -0.05) is 37.1 Å². The number of sulfonamides is 1. The summed E-state index contributed by atoms with van der Waals surface area (Å²) in [6.45, 7) is 9.99. The third kappa shape index (κ3) is 6.04. The average Bonchev–Trinajstić information content (AvgIpc) is 2.94. The maximum atomic E-state index is 12.8. The molecule has 1 fully saturated rings. The van der Waals surface area contributed by atoms with E-state index < -0.39 is 10.0 Å². The molecule has 1 aliphatic heterocycles. The molecule has 1 amide bonds. The summed E-state index contributed by atoms with van der Waals surface area (Å²) in [6, 6.07) is 6.72. The van der Waals surface area contributed by atoms with Gasteiger partial charge in [0, 0.05) is 32.3 Å². The fourth-order valence-corrected chi connectivity index (χ4v) is 4.64. The van der Waals surface area contributed by atoms with Crippen molar-refractivity contribution in [3.8, 4) is 0 Å². The SMILES string of the molecule is C=C(C)CN(CC)C(=O)C=Cc1ccc(S(=O)(=O)N2CCCCCC2)cc1. The van der Waals surface area contributed by atoms with E-state index in [1.807, 2.05) is 13.8 Å². The summed E-state index contributed by atoms with van der Waals surface area (Å²) >= 11 is 0. The van der Waals surface area contributed by atoms with Crippen molar-refractivity contribution in [2.45, 2.75) is 44.4 Å². The maximum absolute atomic E-state index is 12.8. The second-order valence-corrected chi connectivity index (χ2v) is 8.97. The Hall–Kier alpha value is -1.92. The summed E-state index contributed by atoms with van der Waals surface area (Å²) in [5, 5.41) is 0. The van der Waals surface area contributed by atoms with Crippen LogP contribution in [0, 0.1) is 0 Å². The van der Waals surface area contributed by atoms with E-state index in [4.69, 9.17) is 0 Å². The smallest absolute Gasteiger partial charge is 0.246 e. The van der Waals surface area contributed by atoms with Gasteiger partial charge in [0.15, 0.2) is 0 Å². The van der Waals surface area contributed by atoms with Gasteiger partial charge in [0.1, 0.15) is 0 Å². The van der Waals surface area contributed by atoms with E-state index >= 15 is 0 Å². The summed E-state index contributed by atoms with van der Waals surface area (Å²) in [4.78, 5) is 14.3. The van der Waals surface area contributed by atoms with Gasteiger partial charge in [-0.2, -0.15) is 4.31 Å². The van der Waals surface area contributed by atoms with Crippen molar-refractivity contribution in [2.24, 2.45) is 0 Å². The number of amides is 1. The van der Waals surface area contributed by atoms with E-state index in [1.54, 1.807) is 39.5 Å². The number of hydrogen-bond donors (Lipinski definition) is 0. The molecule has 0 bridgehead atoms. The van der Waals surface area contributed by atoms with E-state index in [9.17, 15) is 13.2 Å². The van der Waals surface area contributed by atoms with Crippen LogP contribution in [0.5, 0.6) is 0 Å². The zero-order chi connectivity index (χ0) is 19.9. The lowest BCUT2D eigenvalue weighted by Crippen LogP contribution is -2.31. The highest BCUT2D eigenvalue weighted by atomic mass is 32.2. The molecule has 5 nitrogen and oxygen atoms in total. The molecule has 2 rings (SSSR count). The van der Waals surface area contributed by atoms with Gasteiger partial charge in [-0.3, -0.25) is 4.79 Å². The number of likely N-dealkylation sites (N-methyl/N-ethyl adjacent to an activating group) is 1. The van der Waals surface area contributed by atoms with Crippen LogP contribution in [-0.4, -0.2) is 49.7 Å². The lowest BCUT2D eigenvalue weighted by Gasteiger charge is -2.20. The molecule has 6 heteroatoms. The molecule has 1 aliphatic rings. The molecule has 0 N–H and O–H groups in total. The monoisotopic (exact) mass is 390 g/mol. The molecule has 0 aliphatic carbocycles. The first-order valence-electron chi connectivity index (χ1n) is 9.56. The van der Waals surface area contributed by atoms with E-state index in [-0.39, 0.29) is 5.91 Å². The third-order valence-electron chi connectivity index (χ3n) is 4.66. The first-order chi connectivity index (χ1) is 12.8. The lowest BCUT2D eigenvalue weighted by atomic mass is 10.2. The van der Waals surface area contributed by atoms with E-state index in [0.717, 1.165) is 36.8 Å². The van der Waals surface area contributed by atoms with Crippen molar-refractivity contribution < 1.29 is 13.2 Å². The summed E-state index contributed by atoms with van der Waals surface area (Å²) in [7, 11) is -3.44. The highest BCUT2D eigenvalue weighted by molar-refractivity contribution is 7.89. The highest BCUT2D eigenvalue weighted by Gasteiger charge is 2.24. The molecule has 0 atom stereocenters. The summed E-state index contributed by atoms with van der Waals surface area (Å²) < 4.78 is 27.2. The van der Waals surface area contributed by atoms with Gasteiger partial charge in [0.05, 0.1) is 4.90 Å². The van der Waals surface area contributed by atoms with Gasteiger partial charge >= 0.3 is 0 Å². The van der Waals surface area contributed by atoms with Crippen LogP contribution in [0.2, 0.25) is 0 Å². The normalized spacial score (nSPS) is 16.2. The van der Waals surface area contributed by atoms with Crippen molar-refractivity contribution in [3.63, 3.8) is 0 Å². The van der Waals surface area contributed by atoms with Gasteiger partial charge < -0.3 is 4.90 Å². The van der Waals surface area contributed by atoms with Crippen LogP contribution in [0.1, 0.15) is 45.1 Å². The second kappa shape index (κ2) is 9.85. The van der Waals surface area contributed by atoms with Crippen LogP contribution in [-0.2, 0) is 14.8 Å². The Labute approximate surface area is 163 Å². The minimum absolute atomic E-state index is 0.0817. The topological polar surface area (TPSA) is 57.7 Å². The summed E-state index contributed by atoms with van der Waals surface area (Å²) in [6.07, 6.45) is 7.24. The molecule has 0 saturated carbocycles. The Bertz CT molecular complexity index is 774. The summed E-state index contributed by atoms with van der Waals surface area (Å²) in [5.41, 5.74) is 1.73. The van der Waals surface area contributed by atoms with Crippen LogP contribution in [0.4, 0.5) is 0 Å². The van der Waals surface area contributed by atoms with Crippen molar-refractivity contribution in [1.29, 1.82) is 0 Å². The van der Waals surface area contributed by atoms with E-state index in [0.29, 0.717) is 31.1 Å². The van der Waals surface area contributed by atoms with Crippen LogP contribution < -0.4 is 0 Å². The standard InChI is InChI=1S/C21H30N2O3S/c1-4-22(17-18(2)3)21(24)14-11-19-9-12-20(13-10-19)27(25,26)23-15-7-5-6-8-16-23/h9-14H,2,4-8,15-17H2,1,3H3. The zero-order valence-electron chi connectivity index (χ0n) is 16.4. The quantitative estimate of drug-likeness (QED) is 0.527. The maximum Gasteiger partial charge on any atom is 0.246 e. The Kier molecular flexibility index (Phi) is 7.80. The molecule has 0 unspecified atom stereocenters. The summed E-state index contributed by atoms with van der Waals surface area (Å²) in [5.74, 6) is -0.0817. The highest BCUT2D eigenvalue weighted by Crippen LogP contribution is 2.21. The predicted octanol–water partition coefficient (Wildman–Crippen LogP) is 3.69. The number of nitrogens with zero attached hydrogens (tertiary/aromatic N) is 2. The molecule has 148 valence electrons. The number of rotatable bonds is 7. The van der Waals surface area contributed by atoms with Gasteiger partial charge in [0.2, 0.25) is 15.9 Å². The number of carbonyl (C=O) groups is 1. The molecule has 1 saturated heterocycles.